The Bertz CT molecular complexity index is 774. The van der Waals surface area contributed by atoms with Gasteiger partial charge >= 0.3 is 0 Å². The van der Waals surface area contributed by atoms with E-state index >= 15 is 0 Å². The second-order valence-corrected chi connectivity index (χ2v) is 8.01. The molecule has 2 aromatic rings. The fourth-order valence-corrected chi connectivity index (χ4v) is 4.04. The van der Waals surface area contributed by atoms with Gasteiger partial charge < -0.3 is 19.9 Å². The summed E-state index contributed by atoms with van der Waals surface area (Å²) in [6.45, 7) is 8.18. The number of pyridine rings is 1. The van der Waals surface area contributed by atoms with Crippen molar-refractivity contribution < 1.29 is 9.53 Å². The molecule has 1 atom stereocenters. The Morgan fingerprint density at radius 2 is 2.35 bits per heavy atom. The Balaban J connectivity index is 1.91. The summed E-state index contributed by atoms with van der Waals surface area (Å²) in [5, 5.41) is 3.92. The van der Waals surface area contributed by atoms with Crippen LogP contribution in [0.4, 0.5) is 11.4 Å². The summed E-state index contributed by atoms with van der Waals surface area (Å²) >= 11 is 3.67. The van der Waals surface area contributed by atoms with Crippen LogP contribution in [0.2, 0.25) is 0 Å². The predicted octanol–water partition coefficient (Wildman–Crippen LogP) is 4.32. The number of nitrogens with one attached hydrogen (secondary N) is 2. The predicted molar refractivity (Wildman–Crippen MR) is 109 cm³/mol. The lowest BCUT2D eigenvalue weighted by atomic mass is 9.95. The van der Waals surface area contributed by atoms with Crippen LogP contribution < -0.4 is 10.2 Å². The standard InChI is InChI=1S/C19H27BrN4O2/c1-4-13-6-5-7-24(10-13)18-14(20)8-21-19-17(18)15(9-22-19)23-16(25)11-26-12(2)3/h8-9,12-13H,4-7,10-11H2,1-3H3,(H,21,22)(H,23,25)/t13-/m1/s1. The summed E-state index contributed by atoms with van der Waals surface area (Å²) in [6, 6.07) is 0. The first-order valence-corrected chi connectivity index (χ1v) is 10.1. The lowest BCUT2D eigenvalue weighted by molar-refractivity contribution is -0.121. The van der Waals surface area contributed by atoms with Crippen molar-refractivity contribution in [3.05, 3.63) is 16.9 Å². The van der Waals surface area contributed by atoms with Gasteiger partial charge in [-0.25, -0.2) is 4.98 Å². The summed E-state index contributed by atoms with van der Waals surface area (Å²) in [5.41, 5.74) is 2.64. The molecule has 142 valence electrons. The second kappa shape index (κ2) is 8.39. The maximum atomic E-state index is 12.2. The minimum Gasteiger partial charge on any atom is -0.370 e. The molecule has 0 aliphatic carbocycles. The third-order valence-electron chi connectivity index (χ3n) is 4.86. The molecule has 1 saturated heterocycles. The Morgan fingerprint density at radius 3 is 3.08 bits per heavy atom. The highest BCUT2D eigenvalue weighted by molar-refractivity contribution is 9.10. The van der Waals surface area contributed by atoms with Gasteiger partial charge in [0.1, 0.15) is 12.3 Å². The van der Waals surface area contributed by atoms with Crippen LogP contribution in [0.15, 0.2) is 16.9 Å². The van der Waals surface area contributed by atoms with Gasteiger partial charge in [0.05, 0.1) is 27.3 Å². The molecule has 0 aromatic carbocycles. The number of hydrogen-bond acceptors (Lipinski definition) is 4. The minimum atomic E-state index is -0.157. The lowest BCUT2D eigenvalue weighted by Crippen LogP contribution is -2.35. The molecule has 0 saturated carbocycles. The van der Waals surface area contributed by atoms with Gasteiger partial charge in [-0.05, 0) is 48.5 Å². The topological polar surface area (TPSA) is 70.2 Å². The molecular formula is C19H27BrN4O2. The summed E-state index contributed by atoms with van der Waals surface area (Å²) in [5.74, 6) is 0.547. The number of nitrogens with zero attached hydrogens (tertiary/aromatic N) is 2. The minimum absolute atomic E-state index is 0.0226. The molecule has 1 amide bonds. The van der Waals surface area contributed by atoms with Crippen LogP contribution in [0.25, 0.3) is 11.0 Å². The van der Waals surface area contributed by atoms with E-state index in [4.69, 9.17) is 4.74 Å². The van der Waals surface area contributed by atoms with Crippen LogP contribution in [-0.2, 0) is 9.53 Å². The van der Waals surface area contributed by atoms with Crippen LogP contribution in [0, 0.1) is 5.92 Å². The maximum Gasteiger partial charge on any atom is 0.250 e. The number of fused-ring (bicyclic) bond motifs is 1. The number of halogens is 1. The van der Waals surface area contributed by atoms with Crippen molar-refractivity contribution in [2.75, 3.05) is 29.9 Å². The van der Waals surface area contributed by atoms with Crippen molar-refractivity contribution in [3.8, 4) is 0 Å². The van der Waals surface area contributed by atoms with E-state index in [1.165, 1.54) is 19.3 Å². The van der Waals surface area contributed by atoms with Gasteiger partial charge in [-0.3, -0.25) is 4.79 Å². The number of rotatable bonds is 6. The summed E-state index contributed by atoms with van der Waals surface area (Å²) in [4.78, 5) is 22.3. The van der Waals surface area contributed by atoms with E-state index in [-0.39, 0.29) is 18.6 Å². The van der Waals surface area contributed by atoms with Gasteiger partial charge in [-0.1, -0.05) is 13.3 Å². The fourth-order valence-electron chi connectivity index (χ4n) is 3.49. The number of aromatic nitrogens is 2. The highest BCUT2D eigenvalue weighted by Crippen LogP contribution is 2.39. The van der Waals surface area contributed by atoms with E-state index in [1.54, 1.807) is 0 Å². The van der Waals surface area contributed by atoms with E-state index in [0.29, 0.717) is 5.92 Å². The molecule has 0 radical (unpaired) electrons. The maximum absolute atomic E-state index is 12.2. The monoisotopic (exact) mass is 422 g/mol. The van der Waals surface area contributed by atoms with Gasteiger partial charge in [0.25, 0.3) is 0 Å². The molecule has 0 spiro atoms. The first-order valence-electron chi connectivity index (χ1n) is 9.31. The average molecular weight is 423 g/mol. The number of carbonyl (C=O) groups is 1. The molecule has 0 unspecified atom stereocenters. The zero-order valence-corrected chi connectivity index (χ0v) is 17.2. The van der Waals surface area contributed by atoms with Crippen LogP contribution in [0.1, 0.15) is 40.0 Å². The zero-order valence-electron chi connectivity index (χ0n) is 15.6. The molecule has 3 rings (SSSR count). The van der Waals surface area contributed by atoms with Crippen molar-refractivity contribution in [1.29, 1.82) is 0 Å². The van der Waals surface area contributed by atoms with E-state index < -0.39 is 0 Å². The molecule has 0 bridgehead atoms. The largest absolute Gasteiger partial charge is 0.370 e. The van der Waals surface area contributed by atoms with Crippen LogP contribution in [-0.4, -0.2) is 41.7 Å². The molecule has 2 N–H and O–H groups in total. The van der Waals surface area contributed by atoms with Crippen LogP contribution in [0.3, 0.4) is 0 Å². The van der Waals surface area contributed by atoms with E-state index in [9.17, 15) is 4.79 Å². The lowest BCUT2D eigenvalue weighted by Gasteiger charge is -2.35. The van der Waals surface area contributed by atoms with E-state index in [1.807, 2.05) is 26.2 Å². The number of piperidine rings is 1. The van der Waals surface area contributed by atoms with Crippen molar-refractivity contribution in [2.24, 2.45) is 5.92 Å². The molecule has 2 aromatic heterocycles. The SMILES string of the molecule is CC[C@@H]1CCCN(c2c(Br)cnc3[nH]cc(NC(=O)COC(C)C)c23)C1. The van der Waals surface area contributed by atoms with E-state index in [2.05, 4.69) is 43.0 Å². The quantitative estimate of drug-likeness (QED) is 0.726. The number of amides is 1. The van der Waals surface area contributed by atoms with Crippen molar-refractivity contribution in [2.45, 2.75) is 46.1 Å². The van der Waals surface area contributed by atoms with Gasteiger partial charge in [-0.15, -0.1) is 0 Å². The Morgan fingerprint density at radius 1 is 1.54 bits per heavy atom. The van der Waals surface area contributed by atoms with E-state index in [0.717, 1.165) is 40.0 Å². The molecule has 3 heterocycles. The third kappa shape index (κ3) is 4.20. The molecule has 1 fully saturated rings. The number of aromatic amines is 1. The van der Waals surface area contributed by atoms with Gasteiger partial charge in [0, 0.05) is 25.5 Å². The third-order valence-corrected chi connectivity index (χ3v) is 5.44. The highest BCUT2D eigenvalue weighted by atomic mass is 79.9. The molecule has 7 heteroatoms. The summed E-state index contributed by atoms with van der Waals surface area (Å²) < 4.78 is 6.36. The highest BCUT2D eigenvalue weighted by Gasteiger charge is 2.24. The summed E-state index contributed by atoms with van der Waals surface area (Å²) in [7, 11) is 0. The summed E-state index contributed by atoms with van der Waals surface area (Å²) in [6.07, 6.45) is 7.31. The normalized spacial score (nSPS) is 17.9. The fraction of sp³-hybridized carbons (Fsp3) is 0.579. The zero-order chi connectivity index (χ0) is 18.7. The first-order chi connectivity index (χ1) is 12.5. The number of hydrogen-bond donors (Lipinski definition) is 2. The van der Waals surface area contributed by atoms with Crippen molar-refractivity contribution in [1.82, 2.24) is 9.97 Å². The first kappa shape index (κ1) is 19.2. The number of H-pyrrole nitrogens is 1. The van der Waals surface area contributed by atoms with Crippen molar-refractivity contribution in [3.63, 3.8) is 0 Å². The number of anilines is 2. The molecule has 1 aliphatic heterocycles. The molecule has 26 heavy (non-hydrogen) atoms. The average Bonchev–Trinajstić information content (AvgIpc) is 3.02. The van der Waals surface area contributed by atoms with Gasteiger partial charge in [0.15, 0.2) is 0 Å². The van der Waals surface area contributed by atoms with Crippen LogP contribution >= 0.6 is 15.9 Å². The Labute approximate surface area is 162 Å². The van der Waals surface area contributed by atoms with Gasteiger partial charge in [0.2, 0.25) is 5.91 Å². The number of carbonyl (C=O) groups excluding carboxylic acids is 1. The van der Waals surface area contributed by atoms with Crippen molar-refractivity contribution >= 4 is 44.2 Å². The smallest absolute Gasteiger partial charge is 0.250 e. The molecular weight excluding hydrogens is 396 g/mol. The molecule has 1 aliphatic rings. The number of ether oxygens (including phenoxy) is 1. The Hall–Kier alpha value is -1.60. The molecule has 6 nitrogen and oxygen atoms in total. The van der Waals surface area contributed by atoms with Crippen LogP contribution in [0.5, 0.6) is 0 Å². The van der Waals surface area contributed by atoms with Gasteiger partial charge in [-0.2, -0.15) is 0 Å². The Kier molecular flexibility index (Phi) is 6.19. The second-order valence-electron chi connectivity index (χ2n) is 7.15.